The number of ether oxygens (including phenoxy) is 3. The van der Waals surface area contributed by atoms with Crippen LogP contribution in [-0.4, -0.2) is 45.7 Å². The van der Waals surface area contributed by atoms with E-state index in [9.17, 15) is 9.90 Å². The predicted octanol–water partition coefficient (Wildman–Crippen LogP) is 6.36. The quantitative estimate of drug-likeness (QED) is 0.225. The Hall–Kier alpha value is -4.14. The van der Waals surface area contributed by atoms with E-state index >= 15 is 0 Å². The lowest BCUT2D eigenvalue weighted by molar-refractivity contribution is 0.0683. The van der Waals surface area contributed by atoms with E-state index in [0.717, 1.165) is 68.3 Å². The molecule has 41 heavy (non-hydrogen) atoms. The maximum Gasteiger partial charge on any atom is 0.352 e. The second kappa shape index (κ2) is 11.8. The van der Waals surface area contributed by atoms with Crippen LogP contribution in [0.25, 0.3) is 32.8 Å². The lowest BCUT2D eigenvalue weighted by atomic mass is 9.98. The Bertz CT molecular complexity index is 1710. The number of para-hydroxylation sites is 1. The van der Waals surface area contributed by atoms with Gasteiger partial charge in [0.2, 0.25) is 0 Å². The van der Waals surface area contributed by atoms with Gasteiger partial charge in [0.1, 0.15) is 11.4 Å². The molecule has 1 aliphatic rings. The summed E-state index contributed by atoms with van der Waals surface area (Å²) in [5.74, 6) is -0.0653. The molecule has 5 aromatic rings. The molecule has 0 fully saturated rings. The van der Waals surface area contributed by atoms with Crippen LogP contribution in [0.15, 0.2) is 60.7 Å². The van der Waals surface area contributed by atoms with Gasteiger partial charge in [-0.3, -0.25) is 4.68 Å². The minimum atomic E-state index is -0.910. The number of hydrogen-bond acceptors (Lipinski definition) is 5. The number of rotatable bonds is 8. The van der Waals surface area contributed by atoms with Crippen LogP contribution < -0.4 is 4.74 Å². The second-order valence-electron chi connectivity index (χ2n) is 10.5. The fourth-order valence-electron chi connectivity index (χ4n) is 6.13. The van der Waals surface area contributed by atoms with Gasteiger partial charge in [-0.25, -0.2) is 4.79 Å². The van der Waals surface area contributed by atoms with Crippen LogP contribution in [-0.2, 0) is 42.7 Å². The number of aromatic carboxylic acids is 1. The first-order valence-electron chi connectivity index (χ1n) is 14.2. The van der Waals surface area contributed by atoms with Crippen molar-refractivity contribution < 1.29 is 24.1 Å². The molecular weight excluding hydrogens is 518 g/mol. The number of carboxylic acids is 1. The third-order valence-electron chi connectivity index (χ3n) is 7.92. The maximum absolute atomic E-state index is 12.8. The Kier molecular flexibility index (Phi) is 7.76. The average molecular weight is 554 g/mol. The van der Waals surface area contributed by atoms with E-state index in [1.54, 1.807) is 7.11 Å². The molecule has 0 atom stereocenters. The number of carboxylic acid groups (broad SMARTS) is 1. The summed E-state index contributed by atoms with van der Waals surface area (Å²) in [4.78, 5) is 12.8. The molecular formula is C33H35N3O5. The van der Waals surface area contributed by atoms with Gasteiger partial charge in [0, 0.05) is 49.2 Å². The van der Waals surface area contributed by atoms with Gasteiger partial charge in [-0.05, 0) is 42.7 Å². The third kappa shape index (κ3) is 5.09. The van der Waals surface area contributed by atoms with E-state index in [1.807, 2.05) is 52.7 Å². The van der Waals surface area contributed by atoms with E-state index in [-0.39, 0.29) is 0 Å². The molecule has 0 bridgehead atoms. The van der Waals surface area contributed by atoms with Crippen LogP contribution in [0.4, 0.5) is 0 Å². The number of fused-ring (bicyclic) bond motifs is 3. The third-order valence-corrected chi connectivity index (χ3v) is 7.92. The zero-order valence-electron chi connectivity index (χ0n) is 23.6. The number of carbonyl (C=O) groups is 1. The largest absolute Gasteiger partial charge is 0.493 e. The van der Waals surface area contributed by atoms with Crippen molar-refractivity contribution in [3.05, 3.63) is 83.3 Å². The second-order valence-corrected chi connectivity index (χ2v) is 10.5. The smallest absolute Gasteiger partial charge is 0.352 e. The monoisotopic (exact) mass is 553 g/mol. The van der Waals surface area contributed by atoms with Gasteiger partial charge < -0.3 is 23.9 Å². The van der Waals surface area contributed by atoms with Crippen molar-refractivity contribution in [2.24, 2.45) is 7.05 Å². The maximum atomic E-state index is 12.8. The topological polar surface area (TPSA) is 87.7 Å². The van der Waals surface area contributed by atoms with Crippen LogP contribution in [0.1, 0.15) is 46.7 Å². The fraction of sp³-hybridized carbons (Fsp3) is 0.333. The molecule has 0 saturated heterocycles. The number of hydrogen-bond donors (Lipinski definition) is 1. The molecule has 0 aliphatic carbocycles. The lowest BCUT2D eigenvalue weighted by Crippen LogP contribution is -2.12. The van der Waals surface area contributed by atoms with Crippen molar-refractivity contribution in [2.75, 3.05) is 20.3 Å². The van der Waals surface area contributed by atoms with Gasteiger partial charge in [0.25, 0.3) is 0 Å². The molecule has 6 rings (SSSR count). The molecule has 1 N–H and O–H groups in total. The summed E-state index contributed by atoms with van der Waals surface area (Å²) in [6.45, 7) is 2.47. The van der Waals surface area contributed by atoms with Gasteiger partial charge >= 0.3 is 5.97 Å². The summed E-state index contributed by atoms with van der Waals surface area (Å²) in [6, 6.07) is 20.4. The summed E-state index contributed by atoms with van der Waals surface area (Å²) < 4.78 is 21.6. The minimum Gasteiger partial charge on any atom is -0.493 e. The molecule has 212 valence electrons. The van der Waals surface area contributed by atoms with Gasteiger partial charge in [-0.1, -0.05) is 54.6 Å². The van der Waals surface area contributed by atoms with E-state index in [1.165, 1.54) is 0 Å². The highest BCUT2D eigenvalue weighted by Crippen LogP contribution is 2.39. The van der Waals surface area contributed by atoms with Gasteiger partial charge in [0.05, 0.1) is 36.7 Å². The summed E-state index contributed by atoms with van der Waals surface area (Å²) in [5.41, 5.74) is 5.84. The van der Waals surface area contributed by atoms with Crippen LogP contribution in [0.3, 0.4) is 0 Å². The van der Waals surface area contributed by atoms with Crippen LogP contribution in [0, 0.1) is 0 Å². The van der Waals surface area contributed by atoms with Crippen molar-refractivity contribution in [3.63, 3.8) is 0 Å². The molecule has 0 unspecified atom stereocenters. The highest BCUT2D eigenvalue weighted by atomic mass is 16.5. The highest BCUT2D eigenvalue weighted by Gasteiger charge is 2.27. The first-order valence-corrected chi connectivity index (χ1v) is 14.2. The van der Waals surface area contributed by atoms with Crippen molar-refractivity contribution in [3.8, 4) is 16.9 Å². The Labute approximate surface area is 239 Å². The molecule has 3 aromatic carbocycles. The highest BCUT2D eigenvalue weighted by molar-refractivity contribution is 6.04. The number of nitrogens with zero attached hydrogens (tertiary/aromatic N) is 3. The lowest BCUT2D eigenvalue weighted by Gasteiger charge is -2.13. The average Bonchev–Trinajstić information content (AvgIpc) is 3.45. The van der Waals surface area contributed by atoms with Crippen molar-refractivity contribution in [1.82, 2.24) is 14.3 Å². The number of aryl methyl sites for hydroxylation is 3. The summed E-state index contributed by atoms with van der Waals surface area (Å²) >= 11 is 0. The molecule has 0 saturated carbocycles. The van der Waals surface area contributed by atoms with Crippen molar-refractivity contribution in [2.45, 2.75) is 45.4 Å². The SMILES string of the molecule is COCc1c2c(nn1C)COCCCCn1c(C(=O)O)c(CCCOc3cccc4ccccc34)c3cccc-2c31. The molecule has 1 aliphatic heterocycles. The van der Waals surface area contributed by atoms with E-state index in [0.29, 0.717) is 51.5 Å². The van der Waals surface area contributed by atoms with Gasteiger partial charge in [-0.2, -0.15) is 5.10 Å². The normalized spacial score (nSPS) is 13.7. The zero-order valence-corrected chi connectivity index (χ0v) is 23.6. The first kappa shape index (κ1) is 27.1. The molecule has 0 amide bonds. The molecule has 3 heterocycles. The zero-order chi connectivity index (χ0) is 28.3. The fourth-order valence-corrected chi connectivity index (χ4v) is 6.13. The van der Waals surface area contributed by atoms with E-state index < -0.39 is 5.97 Å². The first-order chi connectivity index (χ1) is 20.1. The number of methoxy groups -OCH3 is 1. The summed E-state index contributed by atoms with van der Waals surface area (Å²) in [5, 5.41) is 18.5. The van der Waals surface area contributed by atoms with Gasteiger partial charge in [0.15, 0.2) is 0 Å². The van der Waals surface area contributed by atoms with Crippen LogP contribution in [0.5, 0.6) is 5.75 Å². The number of benzene rings is 3. The molecule has 0 spiro atoms. The predicted molar refractivity (Wildman–Crippen MR) is 158 cm³/mol. The number of aromatic nitrogens is 3. The summed E-state index contributed by atoms with van der Waals surface area (Å²) in [6.07, 6.45) is 2.93. The van der Waals surface area contributed by atoms with Crippen LogP contribution >= 0.6 is 0 Å². The van der Waals surface area contributed by atoms with Gasteiger partial charge in [-0.15, -0.1) is 0 Å². The minimum absolute atomic E-state index is 0.358. The van der Waals surface area contributed by atoms with E-state index in [2.05, 4.69) is 24.3 Å². The van der Waals surface area contributed by atoms with Crippen molar-refractivity contribution in [1.29, 1.82) is 0 Å². The molecule has 8 heteroatoms. The molecule has 8 nitrogen and oxygen atoms in total. The Morgan fingerprint density at radius 2 is 1.85 bits per heavy atom. The van der Waals surface area contributed by atoms with Crippen molar-refractivity contribution >= 4 is 27.6 Å². The van der Waals surface area contributed by atoms with Crippen LogP contribution in [0.2, 0.25) is 0 Å². The molecule has 2 aromatic heterocycles. The Morgan fingerprint density at radius 3 is 2.71 bits per heavy atom. The standard InChI is InChI=1S/C33H35N3O5/c1-35-28(21-39-2)30-26-14-8-13-24-25(15-9-19-41-29-16-7-11-22-10-3-4-12-23(22)29)32(33(37)38)36(31(24)26)17-5-6-18-40-20-27(30)34-35/h3-4,7-8,10-14,16H,5-6,9,15,17-21H2,1-2H3,(H,37,38). The molecule has 0 radical (unpaired) electrons. The Morgan fingerprint density at radius 1 is 1.05 bits per heavy atom. The van der Waals surface area contributed by atoms with E-state index in [4.69, 9.17) is 19.3 Å². The Balaban J connectivity index is 1.41. The summed E-state index contributed by atoms with van der Waals surface area (Å²) in [7, 11) is 3.59.